The second kappa shape index (κ2) is 9.43. The standard InChI is InChI=1S/C21H20ClN5O3/c22-15-6-8-17(9-7-15)30-18-14-23-20(25-19(18)27-10-12-29-13-11-27)26-21(28)24-16-4-2-1-3-5-16/h1-9,14H,10-13H2,(H2,23,24,25,26,28). The van der Waals surface area contributed by atoms with Gasteiger partial charge in [-0.3, -0.25) is 5.32 Å². The maximum Gasteiger partial charge on any atom is 0.326 e. The van der Waals surface area contributed by atoms with E-state index in [0.29, 0.717) is 54.3 Å². The smallest absolute Gasteiger partial charge is 0.326 e. The molecule has 2 aromatic carbocycles. The number of urea groups is 1. The highest BCUT2D eigenvalue weighted by atomic mass is 35.5. The highest BCUT2D eigenvalue weighted by Gasteiger charge is 2.20. The molecule has 4 rings (SSSR count). The SMILES string of the molecule is O=C(Nc1ccccc1)Nc1ncc(Oc2ccc(Cl)cc2)c(N2CCOCC2)n1. The summed E-state index contributed by atoms with van der Waals surface area (Å²) in [7, 11) is 0. The molecule has 30 heavy (non-hydrogen) atoms. The van der Waals surface area contributed by atoms with Crippen LogP contribution in [0.4, 0.5) is 22.2 Å². The minimum Gasteiger partial charge on any atom is -0.452 e. The van der Waals surface area contributed by atoms with E-state index in [9.17, 15) is 4.79 Å². The lowest BCUT2D eigenvalue weighted by Crippen LogP contribution is -2.37. The lowest BCUT2D eigenvalue weighted by Gasteiger charge is -2.29. The van der Waals surface area contributed by atoms with Crippen LogP contribution < -0.4 is 20.3 Å². The zero-order valence-electron chi connectivity index (χ0n) is 16.0. The molecule has 0 bridgehead atoms. The highest BCUT2D eigenvalue weighted by molar-refractivity contribution is 6.30. The molecule has 0 saturated carbocycles. The van der Waals surface area contributed by atoms with Gasteiger partial charge in [0.15, 0.2) is 11.6 Å². The summed E-state index contributed by atoms with van der Waals surface area (Å²) in [5, 5.41) is 6.03. The number of amides is 2. The van der Waals surface area contributed by atoms with Gasteiger partial charge in [-0.15, -0.1) is 0 Å². The topological polar surface area (TPSA) is 88.6 Å². The first-order valence-electron chi connectivity index (χ1n) is 9.43. The number of anilines is 3. The molecule has 1 saturated heterocycles. The highest BCUT2D eigenvalue weighted by Crippen LogP contribution is 2.32. The summed E-state index contributed by atoms with van der Waals surface area (Å²) in [6, 6.07) is 15.7. The molecule has 0 aliphatic carbocycles. The molecule has 2 heterocycles. The minimum atomic E-state index is -0.430. The Bertz CT molecular complexity index is 995. The number of nitrogens with zero attached hydrogens (tertiary/aromatic N) is 3. The molecular formula is C21H20ClN5O3. The average Bonchev–Trinajstić information content (AvgIpc) is 2.77. The molecule has 2 N–H and O–H groups in total. The number of hydrogen-bond donors (Lipinski definition) is 2. The van der Waals surface area contributed by atoms with E-state index in [1.165, 1.54) is 0 Å². The van der Waals surface area contributed by atoms with Gasteiger partial charge in [0.2, 0.25) is 5.95 Å². The fourth-order valence-electron chi connectivity index (χ4n) is 2.91. The normalized spacial score (nSPS) is 13.6. The molecule has 0 spiro atoms. The maximum atomic E-state index is 12.3. The van der Waals surface area contributed by atoms with Crippen molar-refractivity contribution in [2.75, 3.05) is 41.8 Å². The van der Waals surface area contributed by atoms with E-state index in [2.05, 4.69) is 20.6 Å². The van der Waals surface area contributed by atoms with Crippen LogP contribution in [0.15, 0.2) is 60.8 Å². The van der Waals surface area contributed by atoms with Crippen molar-refractivity contribution in [2.24, 2.45) is 0 Å². The van der Waals surface area contributed by atoms with Gasteiger partial charge in [0.1, 0.15) is 5.75 Å². The number of benzene rings is 2. The van der Waals surface area contributed by atoms with Gasteiger partial charge in [0, 0.05) is 23.8 Å². The van der Waals surface area contributed by atoms with Crippen LogP contribution in [0.25, 0.3) is 0 Å². The van der Waals surface area contributed by atoms with E-state index in [1.54, 1.807) is 42.6 Å². The van der Waals surface area contributed by atoms with Crippen LogP contribution in [-0.2, 0) is 4.74 Å². The van der Waals surface area contributed by atoms with Crippen molar-refractivity contribution in [1.82, 2.24) is 9.97 Å². The quantitative estimate of drug-likeness (QED) is 0.629. The summed E-state index contributed by atoms with van der Waals surface area (Å²) in [5.74, 6) is 1.85. The summed E-state index contributed by atoms with van der Waals surface area (Å²) >= 11 is 5.95. The van der Waals surface area contributed by atoms with Crippen LogP contribution in [0.5, 0.6) is 11.5 Å². The summed E-state index contributed by atoms with van der Waals surface area (Å²) in [6.45, 7) is 2.48. The Labute approximate surface area is 178 Å². The summed E-state index contributed by atoms with van der Waals surface area (Å²) in [5.41, 5.74) is 0.672. The number of ether oxygens (including phenoxy) is 2. The first-order valence-corrected chi connectivity index (χ1v) is 9.81. The van der Waals surface area contributed by atoms with E-state index in [0.717, 1.165) is 0 Å². The molecule has 0 radical (unpaired) electrons. The van der Waals surface area contributed by atoms with Crippen molar-refractivity contribution in [3.05, 3.63) is 65.8 Å². The van der Waals surface area contributed by atoms with Gasteiger partial charge >= 0.3 is 6.03 Å². The lowest BCUT2D eigenvalue weighted by molar-refractivity contribution is 0.122. The first kappa shape index (κ1) is 19.9. The molecule has 1 aliphatic heterocycles. The third-order valence-electron chi connectivity index (χ3n) is 4.35. The van der Waals surface area contributed by atoms with E-state index in [1.807, 2.05) is 23.1 Å². The van der Waals surface area contributed by atoms with Gasteiger partial charge in [-0.2, -0.15) is 4.98 Å². The Morgan fingerprint density at radius 2 is 1.77 bits per heavy atom. The first-order chi connectivity index (χ1) is 14.7. The molecule has 8 nitrogen and oxygen atoms in total. The van der Waals surface area contributed by atoms with E-state index < -0.39 is 6.03 Å². The summed E-state index contributed by atoms with van der Waals surface area (Å²) < 4.78 is 11.4. The number of hydrogen-bond acceptors (Lipinski definition) is 6. The molecule has 3 aromatic rings. The van der Waals surface area contributed by atoms with Crippen LogP contribution in [0, 0.1) is 0 Å². The Morgan fingerprint density at radius 1 is 1.03 bits per heavy atom. The van der Waals surface area contributed by atoms with Crippen molar-refractivity contribution in [3.8, 4) is 11.5 Å². The average molecular weight is 426 g/mol. The number of para-hydroxylation sites is 1. The molecular weight excluding hydrogens is 406 g/mol. The molecule has 1 fully saturated rings. The van der Waals surface area contributed by atoms with E-state index >= 15 is 0 Å². The number of carbonyl (C=O) groups is 1. The van der Waals surface area contributed by atoms with Crippen LogP contribution in [0.1, 0.15) is 0 Å². The third kappa shape index (κ3) is 5.16. The summed E-state index contributed by atoms with van der Waals surface area (Å²) in [4.78, 5) is 23.1. The van der Waals surface area contributed by atoms with Crippen molar-refractivity contribution in [2.45, 2.75) is 0 Å². The fraction of sp³-hybridized carbons (Fsp3) is 0.190. The van der Waals surface area contributed by atoms with Crippen molar-refractivity contribution < 1.29 is 14.3 Å². The van der Waals surface area contributed by atoms with Gasteiger partial charge < -0.3 is 19.7 Å². The van der Waals surface area contributed by atoms with E-state index in [4.69, 9.17) is 21.1 Å². The molecule has 0 unspecified atom stereocenters. The number of rotatable bonds is 5. The molecule has 2 amide bonds. The summed E-state index contributed by atoms with van der Waals surface area (Å²) in [6.07, 6.45) is 1.55. The fourth-order valence-corrected chi connectivity index (χ4v) is 3.04. The largest absolute Gasteiger partial charge is 0.452 e. The molecule has 1 aliphatic rings. The lowest BCUT2D eigenvalue weighted by atomic mass is 10.3. The number of carbonyl (C=O) groups excluding carboxylic acids is 1. The number of aromatic nitrogens is 2. The molecule has 9 heteroatoms. The molecule has 154 valence electrons. The Morgan fingerprint density at radius 3 is 2.50 bits per heavy atom. The van der Waals surface area contributed by atoms with Crippen LogP contribution >= 0.6 is 11.6 Å². The van der Waals surface area contributed by atoms with Gasteiger partial charge in [-0.1, -0.05) is 29.8 Å². The predicted octanol–water partition coefficient (Wildman–Crippen LogP) is 4.40. The monoisotopic (exact) mass is 425 g/mol. The van der Waals surface area contributed by atoms with E-state index in [-0.39, 0.29) is 5.95 Å². The zero-order chi connectivity index (χ0) is 20.8. The third-order valence-corrected chi connectivity index (χ3v) is 4.60. The maximum absolute atomic E-state index is 12.3. The number of halogens is 1. The van der Waals surface area contributed by atoms with Gasteiger partial charge in [0.05, 0.1) is 19.4 Å². The Balaban J connectivity index is 1.54. The number of nitrogens with one attached hydrogen (secondary N) is 2. The minimum absolute atomic E-state index is 0.174. The van der Waals surface area contributed by atoms with Crippen LogP contribution in [-0.4, -0.2) is 42.3 Å². The van der Waals surface area contributed by atoms with Gasteiger partial charge in [0.25, 0.3) is 0 Å². The molecule has 0 atom stereocenters. The second-order valence-electron chi connectivity index (χ2n) is 6.48. The molecule has 1 aromatic heterocycles. The Kier molecular flexibility index (Phi) is 6.26. The van der Waals surface area contributed by atoms with Gasteiger partial charge in [-0.25, -0.2) is 9.78 Å². The van der Waals surface area contributed by atoms with Crippen molar-refractivity contribution in [3.63, 3.8) is 0 Å². The van der Waals surface area contributed by atoms with Crippen molar-refractivity contribution >= 4 is 35.1 Å². The van der Waals surface area contributed by atoms with Crippen LogP contribution in [0.2, 0.25) is 5.02 Å². The predicted molar refractivity (Wildman–Crippen MR) is 116 cm³/mol. The van der Waals surface area contributed by atoms with Crippen LogP contribution in [0.3, 0.4) is 0 Å². The van der Waals surface area contributed by atoms with Crippen molar-refractivity contribution in [1.29, 1.82) is 0 Å². The van der Waals surface area contributed by atoms with Gasteiger partial charge in [-0.05, 0) is 36.4 Å². The number of morpholine rings is 1. The Hall–Kier alpha value is -3.36. The zero-order valence-corrected chi connectivity index (χ0v) is 16.8. The second-order valence-corrected chi connectivity index (χ2v) is 6.92.